The van der Waals surface area contributed by atoms with Gasteiger partial charge in [0.25, 0.3) is 5.91 Å². The van der Waals surface area contributed by atoms with Crippen molar-refractivity contribution in [3.05, 3.63) is 94.0 Å². The highest BCUT2D eigenvalue weighted by atomic mass is 35.5. The first-order valence-electron chi connectivity index (χ1n) is 8.22. The zero-order chi connectivity index (χ0) is 18.1. The quantitative estimate of drug-likeness (QED) is 0.654. The summed E-state index contributed by atoms with van der Waals surface area (Å²) in [6, 6.07) is 20.9. The van der Waals surface area contributed by atoms with Gasteiger partial charge in [-0.05, 0) is 59.2 Å². The number of rotatable bonds is 2. The van der Waals surface area contributed by atoms with Crippen LogP contribution in [0.4, 0.5) is 5.69 Å². The first-order valence-corrected chi connectivity index (χ1v) is 8.60. The Kier molecular flexibility index (Phi) is 4.23. The molecule has 128 valence electrons. The average Bonchev–Trinajstić information content (AvgIpc) is 2.78. The zero-order valence-corrected chi connectivity index (χ0v) is 14.9. The van der Waals surface area contributed by atoms with Crippen molar-refractivity contribution < 1.29 is 9.53 Å². The van der Waals surface area contributed by atoms with Gasteiger partial charge in [-0.25, -0.2) is 0 Å². The molecule has 1 heterocycles. The van der Waals surface area contributed by atoms with Gasteiger partial charge in [0.05, 0.1) is 7.11 Å². The molecule has 1 amide bonds. The smallest absolute Gasteiger partial charge is 0.256 e. The van der Waals surface area contributed by atoms with Crippen LogP contribution in [0.15, 0.2) is 66.7 Å². The van der Waals surface area contributed by atoms with Gasteiger partial charge in [-0.1, -0.05) is 41.9 Å². The largest absolute Gasteiger partial charge is 0.497 e. The zero-order valence-electron chi connectivity index (χ0n) is 14.1. The second-order valence-corrected chi connectivity index (χ2v) is 6.46. The predicted molar refractivity (Wildman–Crippen MR) is 106 cm³/mol. The lowest BCUT2D eigenvalue weighted by Crippen LogP contribution is -2.11. The van der Waals surface area contributed by atoms with E-state index in [2.05, 4.69) is 11.4 Å². The van der Waals surface area contributed by atoms with Crippen LogP contribution in [0.2, 0.25) is 5.02 Å². The molecular formula is C22H16ClNO2. The molecular weight excluding hydrogens is 346 g/mol. The highest BCUT2D eigenvalue weighted by molar-refractivity contribution is 6.31. The van der Waals surface area contributed by atoms with Crippen molar-refractivity contribution in [2.24, 2.45) is 0 Å². The molecule has 26 heavy (non-hydrogen) atoms. The summed E-state index contributed by atoms with van der Waals surface area (Å²) in [5, 5.41) is 3.60. The number of nitrogens with one attached hydrogen (secondary N) is 1. The molecule has 3 aromatic carbocycles. The number of amides is 1. The van der Waals surface area contributed by atoms with E-state index >= 15 is 0 Å². The summed E-state index contributed by atoms with van der Waals surface area (Å²) in [5.41, 5.74) is 5.05. The number of benzene rings is 3. The second-order valence-electron chi connectivity index (χ2n) is 6.02. The number of ether oxygens (including phenoxy) is 1. The monoisotopic (exact) mass is 361 g/mol. The third-order valence-electron chi connectivity index (χ3n) is 4.39. The van der Waals surface area contributed by atoms with Crippen LogP contribution >= 0.6 is 11.6 Å². The Bertz CT molecular complexity index is 1040. The van der Waals surface area contributed by atoms with Crippen molar-refractivity contribution in [2.75, 3.05) is 12.4 Å². The molecule has 1 N–H and O–H groups in total. The van der Waals surface area contributed by atoms with Crippen molar-refractivity contribution in [2.45, 2.75) is 0 Å². The summed E-state index contributed by atoms with van der Waals surface area (Å²) in [5.74, 6) is 0.653. The lowest BCUT2D eigenvalue weighted by atomic mass is 9.92. The molecule has 1 aliphatic rings. The molecule has 0 fully saturated rings. The number of methoxy groups -OCH3 is 1. The number of carbonyl (C=O) groups excluding carboxylic acids is 1. The molecule has 3 aromatic rings. The van der Waals surface area contributed by atoms with Crippen molar-refractivity contribution in [1.29, 1.82) is 0 Å². The molecule has 4 heteroatoms. The number of carbonyl (C=O) groups is 1. The van der Waals surface area contributed by atoms with Crippen molar-refractivity contribution in [1.82, 2.24) is 0 Å². The standard InChI is InChI=1S/C22H16ClNO2/c1-26-16-6-4-5-14(11-16)12-19-17-7-2-3-8-18(17)22(25)24-21-10-9-15(23)13-20(19)21/h2-13H,1H3,(H,24,25). The summed E-state index contributed by atoms with van der Waals surface area (Å²) >= 11 is 6.25. The van der Waals surface area contributed by atoms with Gasteiger partial charge in [-0.15, -0.1) is 0 Å². The predicted octanol–water partition coefficient (Wildman–Crippen LogP) is 5.50. The van der Waals surface area contributed by atoms with Gasteiger partial charge >= 0.3 is 0 Å². The van der Waals surface area contributed by atoms with E-state index in [0.29, 0.717) is 10.6 Å². The molecule has 4 rings (SSSR count). The molecule has 0 unspecified atom stereocenters. The number of halogens is 1. The van der Waals surface area contributed by atoms with Crippen LogP contribution in [0, 0.1) is 0 Å². The average molecular weight is 362 g/mol. The molecule has 0 saturated carbocycles. The fourth-order valence-corrected chi connectivity index (χ4v) is 3.32. The van der Waals surface area contributed by atoms with Crippen LogP contribution in [0.5, 0.6) is 5.75 Å². The lowest BCUT2D eigenvalue weighted by Gasteiger charge is -2.12. The maximum Gasteiger partial charge on any atom is 0.256 e. The van der Waals surface area contributed by atoms with E-state index in [4.69, 9.17) is 16.3 Å². The first-order chi connectivity index (χ1) is 12.7. The highest BCUT2D eigenvalue weighted by Crippen LogP contribution is 2.38. The summed E-state index contributed by atoms with van der Waals surface area (Å²) in [6.07, 6.45) is 2.05. The van der Waals surface area contributed by atoms with Crippen LogP contribution in [-0.4, -0.2) is 13.0 Å². The maximum absolute atomic E-state index is 12.7. The van der Waals surface area contributed by atoms with E-state index in [-0.39, 0.29) is 5.91 Å². The van der Waals surface area contributed by atoms with Crippen LogP contribution in [0.1, 0.15) is 27.0 Å². The Labute approximate surface area is 156 Å². The first kappa shape index (κ1) is 16.4. The molecule has 3 nitrogen and oxygen atoms in total. The molecule has 1 aliphatic heterocycles. The van der Waals surface area contributed by atoms with Gasteiger partial charge in [0.1, 0.15) is 5.75 Å². The molecule has 0 spiro atoms. The molecule has 0 saturated heterocycles. The third kappa shape index (κ3) is 2.98. The van der Waals surface area contributed by atoms with Crippen molar-refractivity contribution >= 4 is 34.8 Å². The number of hydrogen-bond donors (Lipinski definition) is 1. The normalized spacial score (nSPS) is 14.2. The van der Waals surface area contributed by atoms with Gasteiger partial charge in [-0.3, -0.25) is 4.79 Å². The van der Waals surface area contributed by atoms with Crippen molar-refractivity contribution in [3.63, 3.8) is 0 Å². The Morgan fingerprint density at radius 3 is 2.54 bits per heavy atom. The minimum atomic E-state index is -0.127. The topological polar surface area (TPSA) is 38.3 Å². The van der Waals surface area contributed by atoms with E-state index in [1.807, 2.05) is 60.7 Å². The van der Waals surface area contributed by atoms with Crippen LogP contribution in [0.3, 0.4) is 0 Å². The maximum atomic E-state index is 12.7. The van der Waals surface area contributed by atoms with E-state index in [1.54, 1.807) is 13.2 Å². The third-order valence-corrected chi connectivity index (χ3v) is 4.62. The van der Waals surface area contributed by atoms with Crippen LogP contribution in [0.25, 0.3) is 11.6 Å². The number of fused-ring (bicyclic) bond motifs is 2. The van der Waals surface area contributed by atoms with E-state index in [9.17, 15) is 4.79 Å². The fourth-order valence-electron chi connectivity index (χ4n) is 3.15. The molecule has 0 atom stereocenters. The number of hydrogen-bond acceptors (Lipinski definition) is 2. The van der Waals surface area contributed by atoms with Gasteiger partial charge in [-0.2, -0.15) is 0 Å². The number of anilines is 1. The summed E-state index contributed by atoms with van der Waals surface area (Å²) in [4.78, 5) is 12.7. The van der Waals surface area contributed by atoms with Gasteiger partial charge in [0.15, 0.2) is 0 Å². The summed E-state index contributed by atoms with van der Waals surface area (Å²) in [6.45, 7) is 0. The summed E-state index contributed by atoms with van der Waals surface area (Å²) in [7, 11) is 1.64. The van der Waals surface area contributed by atoms with Gasteiger partial charge in [0, 0.05) is 21.8 Å². The Morgan fingerprint density at radius 2 is 1.73 bits per heavy atom. The molecule has 0 radical (unpaired) electrons. The second kappa shape index (κ2) is 6.70. The lowest BCUT2D eigenvalue weighted by molar-refractivity contribution is 0.102. The Balaban J connectivity index is 2.00. The van der Waals surface area contributed by atoms with E-state index in [1.165, 1.54) is 0 Å². The van der Waals surface area contributed by atoms with Gasteiger partial charge in [0.2, 0.25) is 0 Å². The SMILES string of the molecule is COc1cccc(C=C2c3cc(Cl)ccc3NC(=O)c3ccccc32)c1. The van der Waals surface area contributed by atoms with Crippen LogP contribution < -0.4 is 10.1 Å². The fraction of sp³-hybridized carbons (Fsp3) is 0.0455. The van der Waals surface area contributed by atoms with E-state index < -0.39 is 0 Å². The minimum Gasteiger partial charge on any atom is -0.497 e. The summed E-state index contributed by atoms with van der Waals surface area (Å²) < 4.78 is 5.33. The van der Waals surface area contributed by atoms with Crippen LogP contribution in [-0.2, 0) is 0 Å². The molecule has 0 bridgehead atoms. The van der Waals surface area contributed by atoms with Gasteiger partial charge < -0.3 is 10.1 Å². The highest BCUT2D eigenvalue weighted by Gasteiger charge is 2.23. The van der Waals surface area contributed by atoms with Crippen molar-refractivity contribution in [3.8, 4) is 5.75 Å². The Hall–Kier alpha value is -3.04. The minimum absolute atomic E-state index is 0.127. The molecule has 0 aliphatic carbocycles. The molecule has 0 aromatic heterocycles. The van der Waals surface area contributed by atoms with E-state index in [0.717, 1.165) is 33.7 Å². The Morgan fingerprint density at radius 1 is 0.923 bits per heavy atom.